The molecule has 0 amide bonds. The summed E-state index contributed by atoms with van der Waals surface area (Å²) in [4.78, 5) is 0. The van der Waals surface area contributed by atoms with Gasteiger partial charge >= 0.3 is 0 Å². The van der Waals surface area contributed by atoms with Crippen molar-refractivity contribution < 1.29 is 9.50 Å². The second-order valence-corrected chi connectivity index (χ2v) is 4.82. The molecule has 0 bridgehead atoms. The van der Waals surface area contributed by atoms with Crippen LogP contribution in [0.3, 0.4) is 0 Å². The molecule has 0 spiro atoms. The Morgan fingerprint density at radius 3 is 2.59 bits per heavy atom. The fourth-order valence-corrected chi connectivity index (χ4v) is 2.03. The van der Waals surface area contributed by atoms with Crippen LogP contribution < -0.4 is 0 Å². The maximum atomic E-state index is 13.5. The second-order valence-electron chi connectivity index (χ2n) is 4.38. The van der Waals surface area contributed by atoms with Crippen molar-refractivity contribution in [2.75, 3.05) is 0 Å². The molecule has 1 N–H and O–H groups in total. The van der Waals surface area contributed by atoms with Gasteiger partial charge in [-0.05, 0) is 18.6 Å². The van der Waals surface area contributed by atoms with E-state index in [0.29, 0.717) is 17.0 Å². The highest BCUT2D eigenvalue weighted by atomic mass is 35.5. The quantitative estimate of drug-likeness (QED) is 0.692. The average molecular weight is 259 g/mol. The Balaban J connectivity index is 2.38. The molecule has 0 radical (unpaired) electrons. The molecule has 0 heterocycles. The van der Waals surface area contributed by atoms with Crippen molar-refractivity contribution in [2.24, 2.45) is 0 Å². The van der Waals surface area contributed by atoms with E-state index in [1.54, 1.807) is 12.1 Å². The lowest BCUT2D eigenvalue weighted by molar-refractivity contribution is 0.159. The molecular weight excluding hydrogens is 239 g/mol. The smallest absolute Gasteiger partial charge is 0.130 e. The van der Waals surface area contributed by atoms with Gasteiger partial charge in [0.1, 0.15) is 5.82 Å². The maximum absolute atomic E-state index is 13.5. The Bertz CT molecular complexity index is 341. The van der Waals surface area contributed by atoms with Gasteiger partial charge in [-0.3, -0.25) is 0 Å². The van der Waals surface area contributed by atoms with Gasteiger partial charge in [-0.15, -0.1) is 0 Å². The van der Waals surface area contributed by atoms with Gasteiger partial charge in [-0.1, -0.05) is 56.7 Å². The van der Waals surface area contributed by atoms with Gasteiger partial charge in [-0.25, -0.2) is 4.39 Å². The van der Waals surface area contributed by atoms with E-state index in [9.17, 15) is 9.50 Å². The number of hydrogen-bond acceptors (Lipinski definition) is 1. The van der Waals surface area contributed by atoms with Crippen molar-refractivity contribution in [3.63, 3.8) is 0 Å². The monoisotopic (exact) mass is 258 g/mol. The molecule has 1 rings (SSSR count). The van der Waals surface area contributed by atoms with Crippen LogP contribution in [0.25, 0.3) is 0 Å². The molecule has 0 fully saturated rings. The highest BCUT2D eigenvalue weighted by Gasteiger charge is 2.12. The minimum atomic E-state index is -0.714. The molecule has 0 saturated heterocycles. The lowest BCUT2D eigenvalue weighted by atomic mass is 10.0. The number of hydrogen-bond donors (Lipinski definition) is 1. The van der Waals surface area contributed by atoms with Crippen LogP contribution in [0.4, 0.5) is 4.39 Å². The molecule has 3 heteroatoms. The number of benzene rings is 1. The molecule has 96 valence electrons. The maximum Gasteiger partial charge on any atom is 0.130 e. The fraction of sp³-hybridized carbons (Fsp3) is 0.571. The molecule has 0 aliphatic carbocycles. The Hall–Kier alpha value is -0.600. The summed E-state index contributed by atoms with van der Waals surface area (Å²) in [6, 6.07) is 4.42. The summed E-state index contributed by atoms with van der Waals surface area (Å²) in [5.74, 6) is -0.418. The summed E-state index contributed by atoms with van der Waals surface area (Å²) in [5, 5.41) is 10.2. The standard InChI is InChI=1S/C14H20ClFO/c1-2-3-4-5-6-7-14(17)12-9-8-11(15)10-13(12)16/h8-10,14,17H,2-7H2,1H3. The van der Waals surface area contributed by atoms with Crippen LogP contribution >= 0.6 is 11.6 Å². The van der Waals surface area contributed by atoms with Gasteiger partial charge < -0.3 is 5.11 Å². The van der Waals surface area contributed by atoms with E-state index in [4.69, 9.17) is 11.6 Å². The predicted octanol–water partition coefficient (Wildman–Crippen LogP) is 4.87. The van der Waals surface area contributed by atoms with E-state index in [2.05, 4.69) is 6.92 Å². The Kier molecular flexibility index (Phi) is 6.53. The van der Waals surface area contributed by atoms with Crippen LogP contribution in [-0.2, 0) is 0 Å². The number of unbranched alkanes of at least 4 members (excludes halogenated alkanes) is 4. The summed E-state index contributed by atoms with van der Waals surface area (Å²) in [6.07, 6.45) is 5.55. The van der Waals surface area contributed by atoms with Crippen molar-refractivity contribution in [3.8, 4) is 0 Å². The average Bonchev–Trinajstić information content (AvgIpc) is 2.28. The highest BCUT2D eigenvalue weighted by Crippen LogP contribution is 2.24. The molecule has 1 aromatic carbocycles. The number of aliphatic hydroxyl groups is 1. The van der Waals surface area contributed by atoms with Crippen molar-refractivity contribution in [3.05, 3.63) is 34.6 Å². The second kappa shape index (κ2) is 7.67. The van der Waals surface area contributed by atoms with Crippen LogP contribution in [0.2, 0.25) is 5.02 Å². The molecule has 1 nitrogen and oxygen atoms in total. The zero-order chi connectivity index (χ0) is 12.7. The molecule has 0 saturated carbocycles. The van der Waals surface area contributed by atoms with Gasteiger partial charge in [0.2, 0.25) is 0 Å². The minimum absolute atomic E-state index is 0.352. The number of aliphatic hydroxyl groups excluding tert-OH is 1. The molecule has 1 unspecified atom stereocenters. The zero-order valence-electron chi connectivity index (χ0n) is 10.3. The zero-order valence-corrected chi connectivity index (χ0v) is 11.0. The van der Waals surface area contributed by atoms with Gasteiger partial charge in [-0.2, -0.15) is 0 Å². The van der Waals surface area contributed by atoms with Crippen molar-refractivity contribution in [1.82, 2.24) is 0 Å². The third-order valence-corrected chi connectivity index (χ3v) is 3.14. The van der Waals surface area contributed by atoms with E-state index in [1.807, 2.05) is 0 Å². The number of halogens is 2. The third kappa shape index (κ3) is 5.05. The van der Waals surface area contributed by atoms with Crippen LogP contribution in [0.5, 0.6) is 0 Å². The van der Waals surface area contributed by atoms with Crippen molar-refractivity contribution >= 4 is 11.6 Å². The van der Waals surface area contributed by atoms with E-state index in [0.717, 1.165) is 12.8 Å². The first-order valence-electron chi connectivity index (χ1n) is 6.28. The summed E-state index contributed by atoms with van der Waals surface area (Å²) in [6.45, 7) is 2.16. The third-order valence-electron chi connectivity index (χ3n) is 2.90. The first-order chi connectivity index (χ1) is 8.15. The first kappa shape index (κ1) is 14.5. The summed E-state index contributed by atoms with van der Waals surface area (Å²) in [7, 11) is 0. The van der Waals surface area contributed by atoms with E-state index >= 15 is 0 Å². The highest BCUT2D eigenvalue weighted by molar-refractivity contribution is 6.30. The van der Waals surface area contributed by atoms with E-state index in [-0.39, 0.29) is 0 Å². The molecule has 1 aromatic rings. The normalized spacial score (nSPS) is 12.7. The Morgan fingerprint density at radius 1 is 1.24 bits per heavy atom. The first-order valence-corrected chi connectivity index (χ1v) is 6.66. The molecule has 1 atom stereocenters. The molecule has 0 aromatic heterocycles. The fourth-order valence-electron chi connectivity index (χ4n) is 1.87. The van der Waals surface area contributed by atoms with Gasteiger partial charge in [0, 0.05) is 10.6 Å². The Labute approximate surface area is 108 Å². The summed E-state index contributed by atoms with van der Waals surface area (Å²) < 4.78 is 13.5. The van der Waals surface area contributed by atoms with Crippen molar-refractivity contribution in [1.29, 1.82) is 0 Å². The Morgan fingerprint density at radius 2 is 1.94 bits per heavy atom. The largest absolute Gasteiger partial charge is 0.388 e. The molecule has 0 aliphatic heterocycles. The van der Waals surface area contributed by atoms with Crippen molar-refractivity contribution in [2.45, 2.75) is 51.6 Å². The molecule has 17 heavy (non-hydrogen) atoms. The predicted molar refractivity (Wildman–Crippen MR) is 69.7 cm³/mol. The van der Waals surface area contributed by atoms with E-state index in [1.165, 1.54) is 25.3 Å². The molecule has 0 aliphatic rings. The van der Waals surface area contributed by atoms with Crippen LogP contribution in [0.1, 0.15) is 57.1 Å². The van der Waals surface area contributed by atoms with Crippen LogP contribution in [-0.4, -0.2) is 5.11 Å². The lowest BCUT2D eigenvalue weighted by Crippen LogP contribution is -2.00. The minimum Gasteiger partial charge on any atom is -0.388 e. The van der Waals surface area contributed by atoms with Gasteiger partial charge in [0.15, 0.2) is 0 Å². The van der Waals surface area contributed by atoms with E-state index < -0.39 is 11.9 Å². The summed E-state index contributed by atoms with van der Waals surface area (Å²) >= 11 is 5.66. The van der Waals surface area contributed by atoms with Gasteiger partial charge in [0.25, 0.3) is 0 Å². The molecular formula is C14H20ClFO. The number of rotatable bonds is 7. The lowest BCUT2D eigenvalue weighted by Gasteiger charge is -2.11. The summed E-state index contributed by atoms with van der Waals surface area (Å²) in [5.41, 5.74) is 0.352. The topological polar surface area (TPSA) is 20.2 Å². The van der Waals surface area contributed by atoms with Crippen LogP contribution in [0.15, 0.2) is 18.2 Å². The SMILES string of the molecule is CCCCCCCC(O)c1ccc(Cl)cc1F. The van der Waals surface area contributed by atoms with Gasteiger partial charge in [0.05, 0.1) is 6.10 Å². The van der Waals surface area contributed by atoms with Crippen LogP contribution in [0, 0.1) is 5.82 Å².